The van der Waals surface area contributed by atoms with Gasteiger partial charge < -0.3 is 19.7 Å². The molecule has 0 spiro atoms. The first-order chi connectivity index (χ1) is 20.4. The molecule has 3 heterocycles. The number of halogens is 1. The lowest BCUT2D eigenvalue weighted by Crippen LogP contribution is -2.38. The van der Waals surface area contributed by atoms with Crippen molar-refractivity contribution >= 4 is 29.0 Å². The van der Waals surface area contributed by atoms with Crippen LogP contribution in [-0.4, -0.2) is 64.4 Å². The van der Waals surface area contributed by atoms with E-state index in [9.17, 15) is 4.79 Å². The Labute approximate surface area is 253 Å². The summed E-state index contributed by atoms with van der Waals surface area (Å²) >= 11 is 6.62. The topological polar surface area (TPSA) is 81.0 Å². The Morgan fingerprint density at radius 1 is 1.02 bits per heavy atom. The molecular weight excluding hydrogens is 550 g/mol. The van der Waals surface area contributed by atoms with Gasteiger partial charge in [-0.25, -0.2) is 9.50 Å². The Kier molecular flexibility index (Phi) is 9.77. The van der Waals surface area contributed by atoms with E-state index in [1.807, 2.05) is 24.3 Å². The minimum atomic E-state index is -0.975. The second-order valence-corrected chi connectivity index (χ2v) is 11.6. The molecule has 5 rings (SSSR count). The van der Waals surface area contributed by atoms with Crippen molar-refractivity contribution in [1.29, 1.82) is 0 Å². The number of hydrogen-bond acceptors (Lipinski definition) is 7. The Morgan fingerprint density at radius 2 is 1.67 bits per heavy atom. The van der Waals surface area contributed by atoms with Gasteiger partial charge in [0.1, 0.15) is 17.3 Å². The first-order valence-corrected chi connectivity index (χ1v) is 15.2. The molecule has 2 aromatic heterocycles. The molecule has 0 atom stereocenters. The molecule has 0 radical (unpaired) electrons. The van der Waals surface area contributed by atoms with Gasteiger partial charge in [-0.15, -0.1) is 5.10 Å². The molecule has 0 bridgehead atoms. The number of imidazole rings is 1. The van der Waals surface area contributed by atoms with Crippen LogP contribution in [0.4, 0.5) is 5.82 Å². The zero-order valence-electron chi connectivity index (χ0n) is 24.6. The van der Waals surface area contributed by atoms with Crippen LogP contribution in [-0.2, 0) is 19.7 Å². The molecule has 1 fully saturated rings. The second kappa shape index (κ2) is 13.7. The van der Waals surface area contributed by atoms with E-state index in [1.165, 1.54) is 11.1 Å². The number of esters is 1. The van der Waals surface area contributed by atoms with Crippen LogP contribution >= 0.6 is 11.6 Å². The summed E-state index contributed by atoms with van der Waals surface area (Å²) in [6.45, 7) is 9.44. The minimum absolute atomic E-state index is 0.0469. The van der Waals surface area contributed by atoms with E-state index in [-0.39, 0.29) is 18.2 Å². The summed E-state index contributed by atoms with van der Waals surface area (Å²) in [5.74, 6) is 0.346. The zero-order valence-corrected chi connectivity index (χ0v) is 25.4. The van der Waals surface area contributed by atoms with Gasteiger partial charge in [0, 0.05) is 19.6 Å². The molecule has 9 heteroatoms. The lowest BCUT2D eigenvalue weighted by Gasteiger charge is -2.34. The van der Waals surface area contributed by atoms with E-state index in [0.717, 1.165) is 45.4 Å². The standard InChI is InChI=1S/C33H40ClN5O3/c1-4-41-32(40)33(2,3)30-31(34)39-28(36-30)17-16-27(37-39)35-20-11-21-38-22-18-26(19-23-38)42-29(24-12-7-5-8-13-24)25-14-9-6-10-15-25/h5-10,12-17,26,29H,4,11,18-23H2,1-3H3,(H,35,37). The molecule has 42 heavy (non-hydrogen) atoms. The van der Waals surface area contributed by atoms with Crippen LogP contribution < -0.4 is 5.32 Å². The molecule has 222 valence electrons. The van der Waals surface area contributed by atoms with Crippen LogP contribution in [0, 0.1) is 0 Å². The fourth-order valence-corrected chi connectivity index (χ4v) is 5.80. The summed E-state index contributed by atoms with van der Waals surface area (Å²) in [6.07, 6.45) is 3.21. The van der Waals surface area contributed by atoms with Crippen molar-refractivity contribution in [3.05, 3.63) is 94.8 Å². The third-order valence-electron chi connectivity index (χ3n) is 7.83. The van der Waals surface area contributed by atoms with E-state index in [4.69, 9.17) is 21.1 Å². The molecule has 0 saturated carbocycles. The van der Waals surface area contributed by atoms with Crippen molar-refractivity contribution in [1.82, 2.24) is 19.5 Å². The molecule has 8 nitrogen and oxygen atoms in total. The van der Waals surface area contributed by atoms with Gasteiger partial charge >= 0.3 is 5.97 Å². The van der Waals surface area contributed by atoms with E-state index in [1.54, 1.807) is 25.3 Å². The SMILES string of the molecule is CCOC(=O)C(C)(C)c1nc2ccc(NCCCN3CCC(OC(c4ccccc4)c4ccccc4)CC3)nn2c1Cl. The van der Waals surface area contributed by atoms with E-state index >= 15 is 0 Å². The van der Waals surface area contributed by atoms with Gasteiger partial charge in [0.25, 0.3) is 0 Å². The van der Waals surface area contributed by atoms with Gasteiger partial charge in [0.15, 0.2) is 10.8 Å². The highest BCUT2D eigenvalue weighted by Gasteiger charge is 2.37. The third-order valence-corrected chi connectivity index (χ3v) is 8.16. The molecule has 1 aliphatic heterocycles. The second-order valence-electron chi connectivity index (χ2n) is 11.2. The van der Waals surface area contributed by atoms with E-state index < -0.39 is 5.41 Å². The number of fused-ring (bicyclic) bond motifs is 1. The summed E-state index contributed by atoms with van der Waals surface area (Å²) in [5, 5.41) is 8.34. The lowest BCUT2D eigenvalue weighted by molar-refractivity contribution is -0.148. The highest BCUT2D eigenvalue weighted by molar-refractivity contribution is 6.30. The molecule has 2 aromatic carbocycles. The number of carbonyl (C=O) groups is 1. The van der Waals surface area contributed by atoms with Crippen molar-refractivity contribution < 1.29 is 14.3 Å². The normalized spacial score (nSPS) is 14.9. The van der Waals surface area contributed by atoms with Crippen LogP contribution in [0.25, 0.3) is 5.65 Å². The predicted octanol–water partition coefficient (Wildman–Crippen LogP) is 6.30. The van der Waals surface area contributed by atoms with Crippen molar-refractivity contribution in [3.8, 4) is 0 Å². The molecule has 1 aliphatic rings. The summed E-state index contributed by atoms with van der Waals surface area (Å²) in [4.78, 5) is 19.6. The van der Waals surface area contributed by atoms with Crippen molar-refractivity contribution in [2.24, 2.45) is 0 Å². The highest BCUT2D eigenvalue weighted by atomic mass is 35.5. The summed E-state index contributed by atoms with van der Waals surface area (Å²) in [5.41, 5.74) is 2.46. The number of benzene rings is 2. The van der Waals surface area contributed by atoms with Gasteiger partial charge in [0.05, 0.1) is 18.4 Å². The van der Waals surface area contributed by atoms with Crippen LogP contribution in [0.15, 0.2) is 72.8 Å². The van der Waals surface area contributed by atoms with Crippen molar-refractivity contribution in [2.45, 2.75) is 57.7 Å². The van der Waals surface area contributed by atoms with Crippen LogP contribution in [0.5, 0.6) is 0 Å². The number of nitrogens with zero attached hydrogens (tertiary/aromatic N) is 4. The molecular formula is C33H40ClN5O3. The smallest absolute Gasteiger partial charge is 0.317 e. The Balaban J connectivity index is 1.10. The maximum absolute atomic E-state index is 12.5. The zero-order chi connectivity index (χ0) is 29.5. The Hall–Kier alpha value is -3.46. The lowest BCUT2D eigenvalue weighted by atomic mass is 9.90. The van der Waals surface area contributed by atoms with Crippen molar-refractivity contribution in [2.75, 3.05) is 38.1 Å². The van der Waals surface area contributed by atoms with Gasteiger partial charge in [-0.3, -0.25) is 4.79 Å². The van der Waals surface area contributed by atoms with Crippen LogP contribution in [0.2, 0.25) is 5.15 Å². The maximum atomic E-state index is 12.5. The van der Waals surface area contributed by atoms with E-state index in [2.05, 4.69) is 68.8 Å². The predicted molar refractivity (Wildman–Crippen MR) is 166 cm³/mol. The first kappa shape index (κ1) is 30.0. The van der Waals surface area contributed by atoms with Gasteiger partial charge in [-0.2, -0.15) is 0 Å². The molecule has 4 aromatic rings. The largest absolute Gasteiger partial charge is 0.465 e. The number of carbonyl (C=O) groups excluding carboxylic acids is 1. The number of anilines is 1. The highest BCUT2D eigenvalue weighted by Crippen LogP contribution is 2.32. The number of likely N-dealkylation sites (tertiary alicyclic amines) is 1. The number of aromatic nitrogens is 3. The molecule has 1 N–H and O–H groups in total. The molecule has 0 aliphatic carbocycles. The molecule has 1 saturated heterocycles. The monoisotopic (exact) mass is 589 g/mol. The van der Waals surface area contributed by atoms with Gasteiger partial charge in [0.2, 0.25) is 0 Å². The summed E-state index contributed by atoms with van der Waals surface area (Å²) in [6, 6.07) is 24.7. The fourth-order valence-electron chi connectivity index (χ4n) is 5.39. The fraction of sp³-hybridized carbons (Fsp3) is 0.424. The summed E-state index contributed by atoms with van der Waals surface area (Å²) in [7, 11) is 0. The Bertz CT molecular complexity index is 1410. The van der Waals surface area contributed by atoms with E-state index in [0.29, 0.717) is 28.9 Å². The first-order valence-electron chi connectivity index (χ1n) is 14.8. The number of nitrogens with one attached hydrogen (secondary N) is 1. The average molecular weight is 590 g/mol. The van der Waals surface area contributed by atoms with Crippen LogP contribution in [0.3, 0.4) is 0 Å². The molecule has 0 unspecified atom stereocenters. The Morgan fingerprint density at radius 3 is 2.29 bits per heavy atom. The number of hydrogen-bond donors (Lipinski definition) is 1. The number of ether oxygens (including phenoxy) is 2. The maximum Gasteiger partial charge on any atom is 0.317 e. The number of piperidine rings is 1. The number of rotatable bonds is 12. The minimum Gasteiger partial charge on any atom is -0.465 e. The quantitative estimate of drug-likeness (QED) is 0.153. The van der Waals surface area contributed by atoms with Crippen LogP contribution in [0.1, 0.15) is 63.0 Å². The summed E-state index contributed by atoms with van der Waals surface area (Å²) < 4.78 is 13.5. The molecule has 0 amide bonds. The third kappa shape index (κ3) is 6.94. The van der Waals surface area contributed by atoms with Crippen molar-refractivity contribution in [3.63, 3.8) is 0 Å². The van der Waals surface area contributed by atoms with Gasteiger partial charge in [-0.1, -0.05) is 72.3 Å². The average Bonchev–Trinajstić information content (AvgIpc) is 3.36. The van der Waals surface area contributed by atoms with Gasteiger partial charge in [-0.05, 0) is 69.8 Å².